The highest BCUT2D eigenvalue weighted by atomic mass is 16.6. The SMILES string of the molecule is CC/C=C/C/C=C/CCCCCCCC(=O)OCC(COCCC(C(=O)[O-])[N+](C)(C)C)OC(=O)CCCCCCCCC/C=C/CCCCCCCCCCCC. The van der Waals surface area contributed by atoms with Crippen LogP contribution in [0.1, 0.15) is 206 Å². The second kappa shape index (κ2) is 40.3. The standard InChI is InChI=1S/C49H89NO7/c1-6-8-10-12-14-16-18-20-21-22-23-24-25-26-27-28-30-32-34-36-38-40-48(52)57-45(43-55-42-41-46(49(53)54)50(3,4)5)44-56-47(51)39-37-35-33-31-29-19-17-15-13-11-9-7-2/h9,11,15,17,24-25,45-46H,6-8,10,12-14,16,18-23,26-44H2,1-5H3/b11-9+,17-15+,25-24+. The Morgan fingerprint density at radius 2 is 0.982 bits per heavy atom. The minimum absolute atomic E-state index is 0.0355. The minimum Gasteiger partial charge on any atom is -0.544 e. The fraction of sp³-hybridized carbons (Fsp3) is 0.816. The average Bonchev–Trinajstić information content (AvgIpc) is 3.17. The van der Waals surface area contributed by atoms with Crippen molar-refractivity contribution in [2.45, 2.75) is 219 Å². The summed E-state index contributed by atoms with van der Waals surface area (Å²) >= 11 is 0. The molecule has 2 atom stereocenters. The third-order valence-electron chi connectivity index (χ3n) is 10.5. The Balaban J connectivity index is 4.26. The van der Waals surface area contributed by atoms with Gasteiger partial charge in [0, 0.05) is 19.3 Å². The zero-order valence-electron chi connectivity index (χ0n) is 37.8. The van der Waals surface area contributed by atoms with Gasteiger partial charge in [0.15, 0.2) is 6.10 Å². The fourth-order valence-corrected chi connectivity index (χ4v) is 6.87. The van der Waals surface area contributed by atoms with Gasteiger partial charge in [0.1, 0.15) is 12.6 Å². The second-order valence-electron chi connectivity index (χ2n) is 17.0. The van der Waals surface area contributed by atoms with Crippen molar-refractivity contribution in [2.75, 3.05) is 41.0 Å². The smallest absolute Gasteiger partial charge is 0.306 e. The van der Waals surface area contributed by atoms with Gasteiger partial charge in [0.05, 0.1) is 40.3 Å². The Morgan fingerprint density at radius 1 is 0.544 bits per heavy atom. The molecule has 0 aromatic carbocycles. The highest BCUT2D eigenvalue weighted by molar-refractivity contribution is 5.70. The first-order valence-electron chi connectivity index (χ1n) is 23.5. The van der Waals surface area contributed by atoms with E-state index in [9.17, 15) is 19.5 Å². The monoisotopic (exact) mass is 804 g/mol. The lowest BCUT2D eigenvalue weighted by molar-refractivity contribution is -0.889. The summed E-state index contributed by atoms with van der Waals surface area (Å²) in [5.74, 6) is -1.76. The molecular weight excluding hydrogens is 715 g/mol. The average molecular weight is 804 g/mol. The molecule has 0 N–H and O–H groups in total. The van der Waals surface area contributed by atoms with Crippen molar-refractivity contribution < 1.29 is 38.2 Å². The number of carbonyl (C=O) groups is 3. The molecule has 0 radical (unpaired) electrons. The van der Waals surface area contributed by atoms with E-state index in [0.717, 1.165) is 70.6 Å². The van der Waals surface area contributed by atoms with E-state index in [-0.39, 0.29) is 42.7 Å². The first-order valence-corrected chi connectivity index (χ1v) is 23.5. The first kappa shape index (κ1) is 54.6. The van der Waals surface area contributed by atoms with Gasteiger partial charge in [-0.1, -0.05) is 159 Å². The van der Waals surface area contributed by atoms with Crippen molar-refractivity contribution in [1.29, 1.82) is 0 Å². The van der Waals surface area contributed by atoms with Gasteiger partial charge >= 0.3 is 11.9 Å². The summed E-state index contributed by atoms with van der Waals surface area (Å²) in [6, 6.07) is -0.728. The van der Waals surface area contributed by atoms with E-state index in [1.54, 1.807) is 21.1 Å². The van der Waals surface area contributed by atoms with Crippen molar-refractivity contribution in [2.24, 2.45) is 0 Å². The quantitative estimate of drug-likeness (QED) is 0.0262. The number of ether oxygens (including phenoxy) is 3. The third-order valence-corrected chi connectivity index (χ3v) is 10.5. The number of rotatable bonds is 42. The van der Waals surface area contributed by atoms with Crippen LogP contribution in [-0.4, -0.2) is 75.5 Å². The van der Waals surface area contributed by atoms with Crippen LogP contribution < -0.4 is 5.11 Å². The molecule has 8 nitrogen and oxygen atoms in total. The molecule has 0 bridgehead atoms. The van der Waals surface area contributed by atoms with Crippen LogP contribution >= 0.6 is 0 Å². The number of esters is 2. The summed E-state index contributed by atoms with van der Waals surface area (Å²) < 4.78 is 17.2. The Hall–Kier alpha value is -2.45. The van der Waals surface area contributed by atoms with Crippen molar-refractivity contribution in [1.82, 2.24) is 0 Å². The van der Waals surface area contributed by atoms with Crippen LogP contribution in [-0.2, 0) is 28.6 Å². The van der Waals surface area contributed by atoms with Crippen LogP contribution in [0, 0.1) is 0 Å². The fourth-order valence-electron chi connectivity index (χ4n) is 6.87. The van der Waals surface area contributed by atoms with Crippen LogP contribution in [0.15, 0.2) is 36.5 Å². The molecule has 0 amide bonds. The lowest BCUT2D eigenvalue weighted by Crippen LogP contribution is -2.55. The van der Waals surface area contributed by atoms with E-state index in [4.69, 9.17) is 14.2 Å². The Labute approximate surface area is 351 Å². The molecule has 0 aromatic rings. The van der Waals surface area contributed by atoms with Gasteiger partial charge < -0.3 is 28.6 Å². The maximum atomic E-state index is 12.7. The summed E-state index contributed by atoms with van der Waals surface area (Å²) in [4.78, 5) is 36.9. The predicted molar refractivity (Wildman–Crippen MR) is 236 cm³/mol. The molecule has 0 heterocycles. The number of unbranched alkanes of at least 4 members (excludes halogenated alkanes) is 22. The predicted octanol–water partition coefficient (Wildman–Crippen LogP) is 11.7. The van der Waals surface area contributed by atoms with E-state index in [1.807, 2.05) is 0 Å². The molecule has 0 saturated heterocycles. The summed E-state index contributed by atoms with van der Waals surface area (Å²) in [7, 11) is 5.40. The van der Waals surface area contributed by atoms with Crippen LogP contribution in [0.4, 0.5) is 0 Å². The second-order valence-corrected chi connectivity index (χ2v) is 17.0. The van der Waals surface area contributed by atoms with Crippen LogP contribution in [0.2, 0.25) is 0 Å². The van der Waals surface area contributed by atoms with Crippen molar-refractivity contribution in [3.8, 4) is 0 Å². The Bertz CT molecular complexity index is 1030. The van der Waals surface area contributed by atoms with Crippen LogP contribution in [0.25, 0.3) is 0 Å². The van der Waals surface area contributed by atoms with Crippen molar-refractivity contribution >= 4 is 17.9 Å². The number of carboxylic acids is 1. The van der Waals surface area contributed by atoms with E-state index in [1.165, 1.54) is 103 Å². The molecular formula is C49H89NO7. The third kappa shape index (κ3) is 38.8. The van der Waals surface area contributed by atoms with Gasteiger partial charge in [-0.25, -0.2) is 0 Å². The topological polar surface area (TPSA) is 102 Å². The number of hydrogen-bond donors (Lipinski definition) is 0. The molecule has 332 valence electrons. The zero-order valence-corrected chi connectivity index (χ0v) is 37.8. The molecule has 2 unspecified atom stereocenters. The minimum atomic E-state index is -1.13. The van der Waals surface area contributed by atoms with Gasteiger partial charge in [0.25, 0.3) is 0 Å². The maximum Gasteiger partial charge on any atom is 0.306 e. The molecule has 0 spiro atoms. The molecule has 57 heavy (non-hydrogen) atoms. The summed E-state index contributed by atoms with van der Waals surface area (Å²) in [5, 5.41) is 11.6. The van der Waals surface area contributed by atoms with Gasteiger partial charge in [-0.3, -0.25) is 9.59 Å². The van der Waals surface area contributed by atoms with Crippen molar-refractivity contribution in [3.63, 3.8) is 0 Å². The van der Waals surface area contributed by atoms with Gasteiger partial charge in [0.2, 0.25) is 0 Å². The van der Waals surface area contributed by atoms with Crippen LogP contribution in [0.3, 0.4) is 0 Å². The zero-order chi connectivity index (χ0) is 42.1. The van der Waals surface area contributed by atoms with E-state index in [2.05, 4.69) is 50.3 Å². The van der Waals surface area contributed by atoms with Gasteiger partial charge in [-0.05, 0) is 64.2 Å². The summed E-state index contributed by atoms with van der Waals surface area (Å²) in [6.07, 6.45) is 46.1. The number of carboxylic acid groups (broad SMARTS) is 1. The Kier molecular flexibility index (Phi) is 38.6. The Morgan fingerprint density at radius 3 is 1.46 bits per heavy atom. The molecule has 8 heteroatoms. The number of likely N-dealkylation sites (N-methyl/N-ethyl adjacent to an activating group) is 1. The highest BCUT2D eigenvalue weighted by Gasteiger charge is 2.25. The lowest BCUT2D eigenvalue weighted by atomic mass is 10.1. The number of allylic oxidation sites excluding steroid dienone is 6. The van der Waals surface area contributed by atoms with Crippen LogP contribution in [0.5, 0.6) is 0 Å². The molecule has 0 fully saturated rings. The van der Waals surface area contributed by atoms with Gasteiger partial charge in [-0.2, -0.15) is 0 Å². The number of carbonyl (C=O) groups excluding carboxylic acids is 3. The normalized spacial score (nSPS) is 13.2. The molecule has 0 aliphatic carbocycles. The molecule has 0 aromatic heterocycles. The molecule has 0 saturated carbocycles. The largest absolute Gasteiger partial charge is 0.544 e. The maximum absolute atomic E-state index is 12.7. The van der Waals surface area contributed by atoms with E-state index >= 15 is 0 Å². The highest BCUT2D eigenvalue weighted by Crippen LogP contribution is 2.15. The number of quaternary nitrogens is 1. The molecule has 0 aliphatic rings. The number of hydrogen-bond acceptors (Lipinski definition) is 7. The number of nitrogens with zero attached hydrogens (tertiary/aromatic N) is 1. The van der Waals surface area contributed by atoms with Gasteiger partial charge in [-0.15, -0.1) is 0 Å². The molecule has 0 rings (SSSR count). The lowest BCUT2D eigenvalue weighted by Gasteiger charge is -2.34. The van der Waals surface area contributed by atoms with E-state index in [0.29, 0.717) is 12.8 Å². The molecule has 0 aliphatic heterocycles. The van der Waals surface area contributed by atoms with Crippen molar-refractivity contribution in [3.05, 3.63) is 36.5 Å². The summed E-state index contributed by atoms with van der Waals surface area (Å²) in [5.41, 5.74) is 0. The summed E-state index contributed by atoms with van der Waals surface area (Å²) in [6.45, 7) is 4.55. The number of aliphatic carboxylic acids is 1. The first-order chi connectivity index (χ1) is 27.6. The van der Waals surface area contributed by atoms with E-state index < -0.39 is 18.1 Å².